The highest BCUT2D eigenvalue weighted by Gasteiger charge is 2.36. The van der Waals surface area contributed by atoms with Crippen molar-refractivity contribution >= 4 is 17.5 Å². The lowest BCUT2D eigenvalue weighted by Crippen LogP contribution is -2.36. The van der Waals surface area contributed by atoms with Gasteiger partial charge >= 0.3 is 6.18 Å². The van der Waals surface area contributed by atoms with Gasteiger partial charge in [0.25, 0.3) is 5.91 Å². The van der Waals surface area contributed by atoms with Crippen molar-refractivity contribution in [3.63, 3.8) is 0 Å². The van der Waals surface area contributed by atoms with Gasteiger partial charge in [0.1, 0.15) is 0 Å². The highest BCUT2D eigenvalue weighted by atomic mass is 35.5. The number of hydrogen-bond donors (Lipinski definition) is 1. The summed E-state index contributed by atoms with van der Waals surface area (Å²) in [5.41, 5.74) is 0.230. The minimum Gasteiger partial charge on any atom is -0.467 e. The molecule has 1 aromatic heterocycles. The summed E-state index contributed by atoms with van der Waals surface area (Å²) in [6.07, 6.45) is -3.16. The van der Waals surface area contributed by atoms with Crippen molar-refractivity contribution in [3.8, 4) is 11.6 Å². The number of alkyl halides is 3. The van der Waals surface area contributed by atoms with Gasteiger partial charge in [0.05, 0.1) is 10.7 Å². The van der Waals surface area contributed by atoms with E-state index in [1.807, 2.05) is 37.3 Å². The van der Waals surface area contributed by atoms with E-state index in [2.05, 4.69) is 10.4 Å². The maximum atomic E-state index is 13.1. The number of carbonyl (C=O) groups is 1. The van der Waals surface area contributed by atoms with E-state index in [4.69, 9.17) is 16.3 Å². The SMILES string of the molecule is CC(CCc1ccccc1)NC(=O)COc1cc(C(F)(F)F)nn1-c1ccccc1Cl. The van der Waals surface area contributed by atoms with E-state index in [-0.39, 0.29) is 22.6 Å². The fourth-order valence-corrected chi connectivity index (χ4v) is 3.17. The van der Waals surface area contributed by atoms with Crippen molar-refractivity contribution in [3.05, 3.63) is 76.9 Å². The third-order valence-electron chi connectivity index (χ3n) is 4.52. The van der Waals surface area contributed by atoms with E-state index in [0.717, 1.165) is 22.7 Å². The van der Waals surface area contributed by atoms with Crippen molar-refractivity contribution < 1.29 is 22.7 Å². The lowest BCUT2D eigenvalue weighted by Gasteiger charge is -2.15. The first-order valence-electron chi connectivity index (χ1n) is 9.62. The van der Waals surface area contributed by atoms with Crippen LogP contribution < -0.4 is 10.1 Å². The highest BCUT2D eigenvalue weighted by Crippen LogP contribution is 2.33. The predicted molar refractivity (Wildman–Crippen MR) is 111 cm³/mol. The van der Waals surface area contributed by atoms with Gasteiger partial charge in [-0.05, 0) is 37.5 Å². The van der Waals surface area contributed by atoms with Crippen LogP contribution in [0.5, 0.6) is 5.88 Å². The molecule has 9 heteroatoms. The summed E-state index contributed by atoms with van der Waals surface area (Å²) < 4.78 is 45.8. The highest BCUT2D eigenvalue weighted by molar-refractivity contribution is 6.32. The molecule has 5 nitrogen and oxygen atoms in total. The average molecular weight is 452 g/mol. The quantitative estimate of drug-likeness (QED) is 0.520. The second-order valence-corrected chi connectivity index (χ2v) is 7.42. The number of amides is 1. The van der Waals surface area contributed by atoms with Crippen molar-refractivity contribution in [2.24, 2.45) is 0 Å². The molecule has 0 aliphatic rings. The Morgan fingerprint density at radius 2 is 1.84 bits per heavy atom. The summed E-state index contributed by atoms with van der Waals surface area (Å²) in [6, 6.07) is 16.7. The topological polar surface area (TPSA) is 56.1 Å². The molecule has 2 aromatic carbocycles. The minimum atomic E-state index is -4.67. The Hall–Kier alpha value is -3.00. The van der Waals surface area contributed by atoms with E-state index >= 15 is 0 Å². The number of rotatable bonds is 8. The standard InChI is InChI=1S/C22H21ClF3N3O2/c1-15(11-12-16-7-3-2-4-8-16)27-20(30)14-31-21-13-19(22(24,25)26)28-29(21)18-10-6-5-9-17(18)23/h2-10,13,15H,11-12,14H2,1H3,(H,27,30). The van der Waals surface area contributed by atoms with Crippen LogP contribution in [-0.2, 0) is 17.4 Å². The van der Waals surface area contributed by atoms with Crippen LogP contribution >= 0.6 is 11.6 Å². The monoisotopic (exact) mass is 451 g/mol. The van der Waals surface area contributed by atoms with Crippen LogP contribution in [0.15, 0.2) is 60.7 Å². The maximum Gasteiger partial charge on any atom is 0.435 e. The number of halogens is 4. The number of aromatic nitrogens is 2. The van der Waals surface area contributed by atoms with Crippen LogP contribution in [0.25, 0.3) is 5.69 Å². The number of ether oxygens (including phenoxy) is 1. The molecular weight excluding hydrogens is 431 g/mol. The van der Waals surface area contributed by atoms with Crippen LogP contribution in [0.3, 0.4) is 0 Å². The zero-order valence-electron chi connectivity index (χ0n) is 16.7. The second-order valence-electron chi connectivity index (χ2n) is 7.01. The number of nitrogens with one attached hydrogen (secondary N) is 1. The molecular formula is C22H21ClF3N3O2. The molecule has 1 atom stereocenters. The smallest absolute Gasteiger partial charge is 0.435 e. The zero-order valence-corrected chi connectivity index (χ0v) is 17.5. The fraction of sp³-hybridized carbons (Fsp3) is 0.273. The van der Waals surface area contributed by atoms with Gasteiger partial charge in [-0.3, -0.25) is 4.79 Å². The lowest BCUT2D eigenvalue weighted by molar-refractivity contribution is -0.141. The lowest BCUT2D eigenvalue weighted by atomic mass is 10.1. The molecule has 0 saturated heterocycles. The third-order valence-corrected chi connectivity index (χ3v) is 4.83. The van der Waals surface area contributed by atoms with Gasteiger partial charge in [-0.25, -0.2) is 0 Å². The number of aryl methyl sites for hydroxylation is 1. The van der Waals surface area contributed by atoms with Crippen LogP contribution in [0.4, 0.5) is 13.2 Å². The molecule has 0 bridgehead atoms. The molecule has 0 fully saturated rings. The molecule has 0 aliphatic heterocycles. The first-order chi connectivity index (χ1) is 14.7. The number of nitrogens with zero attached hydrogens (tertiary/aromatic N) is 2. The van der Waals surface area contributed by atoms with E-state index in [0.29, 0.717) is 6.42 Å². The predicted octanol–water partition coefficient (Wildman–Crippen LogP) is 5.06. The Labute approximate surface area is 182 Å². The first-order valence-corrected chi connectivity index (χ1v) is 10.00. The second kappa shape index (κ2) is 9.87. The Balaban J connectivity index is 1.64. The molecule has 1 N–H and O–H groups in total. The van der Waals surface area contributed by atoms with Gasteiger partial charge in [0.15, 0.2) is 12.3 Å². The summed E-state index contributed by atoms with van der Waals surface area (Å²) in [6.45, 7) is 1.40. The first kappa shape index (κ1) is 22.7. The largest absolute Gasteiger partial charge is 0.467 e. The Kier molecular flexibility index (Phi) is 7.22. The number of benzene rings is 2. The molecule has 0 saturated carbocycles. The summed E-state index contributed by atoms with van der Waals surface area (Å²) in [5, 5.41) is 6.55. The molecule has 3 aromatic rings. The van der Waals surface area contributed by atoms with Crippen LogP contribution in [-0.4, -0.2) is 28.3 Å². The van der Waals surface area contributed by atoms with Gasteiger partial charge < -0.3 is 10.1 Å². The summed E-state index contributed by atoms with van der Waals surface area (Å²) in [4.78, 5) is 12.2. The molecule has 1 unspecified atom stereocenters. The molecule has 0 aliphatic carbocycles. The van der Waals surface area contributed by atoms with Gasteiger partial charge in [0.2, 0.25) is 5.88 Å². The van der Waals surface area contributed by atoms with Gasteiger partial charge in [0, 0.05) is 12.1 Å². The van der Waals surface area contributed by atoms with E-state index in [9.17, 15) is 18.0 Å². The Morgan fingerprint density at radius 3 is 2.52 bits per heavy atom. The molecule has 164 valence electrons. The van der Waals surface area contributed by atoms with Crippen LogP contribution in [0.2, 0.25) is 5.02 Å². The average Bonchev–Trinajstić information content (AvgIpc) is 3.16. The molecule has 1 amide bonds. The number of hydrogen-bond acceptors (Lipinski definition) is 3. The third kappa shape index (κ3) is 6.24. The number of para-hydroxylation sites is 1. The zero-order chi connectivity index (χ0) is 22.4. The normalized spacial score (nSPS) is 12.4. The minimum absolute atomic E-state index is 0.129. The van der Waals surface area contributed by atoms with E-state index < -0.39 is 24.4 Å². The molecule has 3 rings (SSSR count). The summed E-state index contributed by atoms with van der Waals surface area (Å²) >= 11 is 6.09. The van der Waals surface area contributed by atoms with Gasteiger partial charge in [-0.1, -0.05) is 54.1 Å². The van der Waals surface area contributed by atoms with Gasteiger partial charge in [-0.15, -0.1) is 0 Å². The van der Waals surface area contributed by atoms with Crippen molar-refractivity contribution in [1.82, 2.24) is 15.1 Å². The van der Waals surface area contributed by atoms with Crippen LogP contribution in [0.1, 0.15) is 24.6 Å². The van der Waals surface area contributed by atoms with E-state index in [1.54, 1.807) is 12.1 Å². The summed E-state index contributed by atoms with van der Waals surface area (Å²) in [7, 11) is 0. The fourth-order valence-electron chi connectivity index (χ4n) is 2.96. The van der Waals surface area contributed by atoms with Crippen molar-refractivity contribution in [2.45, 2.75) is 32.0 Å². The van der Waals surface area contributed by atoms with Crippen LogP contribution in [0, 0.1) is 0 Å². The molecule has 0 radical (unpaired) electrons. The van der Waals surface area contributed by atoms with Crippen molar-refractivity contribution in [2.75, 3.05) is 6.61 Å². The molecule has 1 heterocycles. The Bertz CT molecular complexity index is 1020. The van der Waals surface area contributed by atoms with E-state index in [1.165, 1.54) is 12.1 Å². The van der Waals surface area contributed by atoms with Crippen molar-refractivity contribution in [1.29, 1.82) is 0 Å². The molecule has 0 spiro atoms. The van der Waals surface area contributed by atoms with Gasteiger partial charge in [-0.2, -0.15) is 23.0 Å². The molecule has 31 heavy (non-hydrogen) atoms. The maximum absolute atomic E-state index is 13.1. The number of carbonyl (C=O) groups excluding carboxylic acids is 1. The Morgan fingerprint density at radius 1 is 1.16 bits per heavy atom. The summed E-state index contributed by atoms with van der Waals surface area (Å²) in [5.74, 6) is -0.673.